The Hall–Kier alpha value is -3.70. The lowest BCUT2D eigenvalue weighted by Gasteiger charge is -2.11. The predicted octanol–water partition coefficient (Wildman–Crippen LogP) is 6.30. The first-order valence-electron chi connectivity index (χ1n) is 10.5. The van der Waals surface area contributed by atoms with E-state index < -0.39 is 22.7 Å². The van der Waals surface area contributed by atoms with Gasteiger partial charge in [0.15, 0.2) is 5.78 Å². The fraction of sp³-hybridized carbons (Fsp3) is 0.167. The van der Waals surface area contributed by atoms with Gasteiger partial charge in [0.2, 0.25) is 0 Å². The third-order valence-electron chi connectivity index (χ3n) is 5.12. The van der Waals surface area contributed by atoms with Crippen LogP contribution >= 0.6 is 22.9 Å². The number of carbonyl (C=O) groups excluding carboxylic acids is 2. The zero-order valence-corrected chi connectivity index (χ0v) is 20.2. The van der Waals surface area contributed by atoms with E-state index in [0.717, 1.165) is 29.0 Å². The number of hydrogen-bond acceptors (Lipinski definition) is 7. The van der Waals surface area contributed by atoms with Gasteiger partial charge in [-0.15, -0.1) is 11.3 Å². The van der Waals surface area contributed by atoms with Gasteiger partial charge in [0.1, 0.15) is 16.9 Å². The number of anilines is 1. The topological polar surface area (TPSA) is 97.7 Å². The van der Waals surface area contributed by atoms with Gasteiger partial charge in [0.05, 0.1) is 27.5 Å². The molecule has 0 spiro atoms. The summed E-state index contributed by atoms with van der Waals surface area (Å²) >= 11 is 6.67. The Balaban J connectivity index is 1.43. The van der Waals surface area contributed by atoms with Crippen LogP contribution in [0.1, 0.15) is 50.0 Å². The van der Waals surface area contributed by atoms with Crippen molar-refractivity contribution in [3.05, 3.63) is 87.5 Å². The second kappa shape index (κ2) is 10.5. The largest absolute Gasteiger partial charge is 0.417 e. The lowest BCUT2D eigenvalue weighted by atomic mass is 10.0. The van der Waals surface area contributed by atoms with Crippen molar-refractivity contribution >= 4 is 40.3 Å². The summed E-state index contributed by atoms with van der Waals surface area (Å²) in [4.78, 5) is 42.0. The Labute approximate surface area is 212 Å². The molecule has 3 heterocycles. The van der Waals surface area contributed by atoms with Gasteiger partial charge in [-0.3, -0.25) is 14.6 Å². The van der Waals surface area contributed by atoms with Crippen molar-refractivity contribution in [3.8, 4) is 11.3 Å². The van der Waals surface area contributed by atoms with E-state index in [2.05, 4.69) is 25.3 Å². The summed E-state index contributed by atoms with van der Waals surface area (Å²) in [6, 6.07) is 8.27. The zero-order chi connectivity index (χ0) is 25.9. The molecule has 0 bridgehead atoms. The minimum atomic E-state index is -4.65. The van der Waals surface area contributed by atoms with Crippen molar-refractivity contribution in [2.75, 3.05) is 5.32 Å². The third-order valence-corrected chi connectivity index (χ3v) is 6.68. The first-order chi connectivity index (χ1) is 17.1. The molecule has 0 saturated carbocycles. The van der Waals surface area contributed by atoms with Crippen LogP contribution in [-0.4, -0.2) is 31.6 Å². The fourth-order valence-corrected chi connectivity index (χ4v) is 4.38. The number of hydrogen-bond donors (Lipinski definition) is 1. The number of carbonyl (C=O) groups is 2. The van der Waals surface area contributed by atoms with E-state index >= 15 is 0 Å². The number of benzene rings is 1. The maximum atomic E-state index is 13.1. The number of thiazole rings is 1. The van der Waals surface area contributed by atoms with Gasteiger partial charge in [-0.05, 0) is 36.4 Å². The second-order valence-corrected chi connectivity index (χ2v) is 9.23. The molecule has 4 rings (SSSR count). The van der Waals surface area contributed by atoms with Gasteiger partial charge in [-0.25, -0.2) is 15.0 Å². The summed E-state index contributed by atoms with van der Waals surface area (Å²) in [6.07, 6.45) is 1.33. The van der Waals surface area contributed by atoms with Gasteiger partial charge < -0.3 is 5.32 Å². The van der Waals surface area contributed by atoms with Crippen LogP contribution in [0, 0.1) is 0 Å². The standard InChI is InChI=1S/C24H17ClF3N5O2S/c1-13(8-20(34)19-10-18(31-12-32-19)14-4-6-29-7-5-14)23-30-11-21(36-23)22(35)33-15-2-3-17(25)16(9-15)24(26,27)28/h2-7,9-13H,8H2,1H3,(H,33,35). The predicted molar refractivity (Wildman–Crippen MR) is 129 cm³/mol. The molecule has 0 fully saturated rings. The van der Waals surface area contributed by atoms with E-state index in [4.69, 9.17) is 11.6 Å². The number of halogens is 4. The molecule has 36 heavy (non-hydrogen) atoms. The molecule has 184 valence electrons. The van der Waals surface area contributed by atoms with Crippen LogP contribution in [0.3, 0.4) is 0 Å². The lowest BCUT2D eigenvalue weighted by Crippen LogP contribution is -2.12. The van der Waals surface area contributed by atoms with Gasteiger partial charge in [0, 0.05) is 36.0 Å². The van der Waals surface area contributed by atoms with Gasteiger partial charge in [0.25, 0.3) is 5.91 Å². The van der Waals surface area contributed by atoms with E-state index in [9.17, 15) is 22.8 Å². The minimum absolute atomic E-state index is 0.0522. The van der Waals surface area contributed by atoms with E-state index in [1.54, 1.807) is 37.5 Å². The highest BCUT2D eigenvalue weighted by atomic mass is 35.5. The number of pyridine rings is 1. The van der Waals surface area contributed by atoms with Gasteiger partial charge in [-0.1, -0.05) is 18.5 Å². The molecule has 1 unspecified atom stereocenters. The van der Waals surface area contributed by atoms with E-state index in [1.807, 2.05) is 0 Å². The number of aromatic nitrogens is 4. The van der Waals surface area contributed by atoms with Crippen LogP contribution in [0.5, 0.6) is 0 Å². The summed E-state index contributed by atoms with van der Waals surface area (Å²) in [6.45, 7) is 1.79. The number of ketones is 1. The Morgan fingerprint density at radius 3 is 2.56 bits per heavy atom. The highest BCUT2D eigenvalue weighted by molar-refractivity contribution is 7.13. The highest BCUT2D eigenvalue weighted by Crippen LogP contribution is 2.36. The summed E-state index contributed by atoms with van der Waals surface area (Å²) in [5.41, 5.74) is 0.543. The van der Waals surface area contributed by atoms with E-state index in [1.165, 1.54) is 18.6 Å². The van der Waals surface area contributed by atoms with Crippen molar-refractivity contribution in [3.63, 3.8) is 0 Å². The molecule has 0 aliphatic carbocycles. The number of amides is 1. The molecule has 0 aliphatic heterocycles. The molecule has 3 aromatic heterocycles. The maximum absolute atomic E-state index is 13.1. The van der Waals surface area contributed by atoms with E-state index in [-0.39, 0.29) is 34.4 Å². The summed E-state index contributed by atoms with van der Waals surface area (Å²) in [5.74, 6) is -1.16. The average molecular weight is 532 g/mol. The molecular weight excluding hydrogens is 515 g/mol. The molecule has 1 N–H and O–H groups in total. The molecular formula is C24H17ClF3N5O2S. The van der Waals surface area contributed by atoms with Crippen molar-refractivity contribution in [2.45, 2.75) is 25.4 Å². The second-order valence-electron chi connectivity index (χ2n) is 7.76. The van der Waals surface area contributed by atoms with Crippen LogP contribution in [-0.2, 0) is 6.18 Å². The van der Waals surface area contributed by atoms with Gasteiger partial charge in [-0.2, -0.15) is 13.2 Å². The Morgan fingerprint density at radius 2 is 1.83 bits per heavy atom. The highest BCUT2D eigenvalue weighted by Gasteiger charge is 2.33. The molecule has 12 heteroatoms. The number of nitrogens with zero attached hydrogens (tertiary/aromatic N) is 4. The Morgan fingerprint density at radius 1 is 1.08 bits per heavy atom. The summed E-state index contributed by atoms with van der Waals surface area (Å²) < 4.78 is 39.2. The first kappa shape index (κ1) is 25.4. The van der Waals surface area contributed by atoms with Crippen LogP contribution in [0.15, 0.2) is 61.3 Å². The molecule has 4 aromatic rings. The van der Waals surface area contributed by atoms with Crippen LogP contribution in [0.25, 0.3) is 11.3 Å². The van der Waals surface area contributed by atoms with Gasteiger partial charge >= 0.3 is 6.18 Å². The third kappa shape index (κ3) is 5.92. The SMILES string of the molecule is CC(CC(=O)c1cc(-c2ccncc2)ncn1)c1ncc(C(=O)Nc2ccc(Cl)c(C(F)(F)F)c2)s1. The molecule has 0 saturated heterocycles. The van der Waals surface area contributed by atoms with Crippen molar-refractivity contribution in [1.82, 2.24) is 19.9 Å². The Kier molecular flexibility index (Phi) is 7.41. The monoisotopic (exact) mass is 531 g/mol. The zero-order valence-electron chi connectivity index (χ0n) is 18.6. The number of rotatable bonds is 7. The Bertz CT molecular complexity index is 1410. The van der Waals surface area contributed by atoms with Crippen molar-refractivity contribution in [2.24, 2.45) is 0 Å². The number of Topliss-reactive ketones (excluding diaryl/α,β-unsaturated/α-hetero) is 1. The number of nitrogens with one attached hydrogen (secondary N) is 1. The first-order valence-corrected chi connectivity index (χ1v) is 11.7. The van der Waals surface area contributed by atoms with Crippen LogP contribution in [0.4, 0.5) is 18.9 Å². The van der Waals surface area contributed by atoms with Crippen molar-refractivity contribution < 1.29 is 22.8 Å². The van der Waals surface area contributed by atoms with Crippen LogP contribution < -0.4 is 5.32 Å². The fourth-order valence-electron chi connectivity index (χ4n) is 3.29. The molecule has 1 aromatic carbocycles. The quantitative estimate of drug-likeness (QED) is 0.281. The molecule has 1 atom stereocenters. The summed E-state index contributed by atoms with van der Waals surface area (Å²) in [7, 11) is 0. The lowest BCUT2D eigenvalue weighted by molar-refractivity contribution is -0.137. The maximum Gasteiger partial charge on any atom is 0.417 e. The molecule has 7 nitrogen and oxygen atoms in total. The smallest absolute Gasteiger partial charge is 0.321 e. The molecule has 0 aliphatic rings. The number of alkyl halides is 3. The molecule has 1 amide bonds. The summed E-state index contributed by atoms with van der Waals surface area (Å²) in [5, 5.41) is 2.49. The van der Waals surface area contributed by atoms with E-state index in [0.29, 0.717) is 10.7 Å². The molecule has 0 radical (unpaired) electrons. The normalized spacial score (nSPS) is 12.2. The van der Waals surface area contributed by atoms with Crippen LogP contribution in [0.2, 0.25) is 5.02 Å². The average Bonchev–Trinajstić information content (AvgIpc) is 3.36. The van der Waals surface area contributed by atoms with Crippen molar-refractivity contribution in [1.29, 1.82) is 0 Å². The minimum Gasteiger partial charge on any atom is -0.321 e.